The van der Waals surface area contributed by atoms with Crippen LogP contribution in [0.5, 0.6) is 0 Å². The molecule has 3 aromatic carbocycles. The maximum absolute atomic E-state index is 4.50. The summed E-state index contributed by atoms with van der Waals surface area (Å²) >= 11 is 0. The maximum atomic E-state index is 4.50. The molecular weight excluding hydrogens is 665 g/mol. The first-order chi connectivity index (χ1) is 18.9. The van der Waals surface area contributed by atoms with E-state index in [0.717, 1.165) is 48.2 Å². The van der Waals surface area contributed by atoms with Gasteiger partial charge < -0.3 is 9.97 Å². The fraction of sp³-hybridized carbons (Fsp3) is 0.243. The molecule has 1 radical (unpaired) electrons. The Balaban J connectivity index is 0.000000163. The maximum Gasteiger partial charge on any atom is 0.0163 e. The molecule has 40 heavy (non-hydrogen) atoms. The van der Waals surface area contributed by atoms with Crippen molar-refractivity contribution in [1.29, 1.82) is 0 Å². The molecule has 0 N–H and O–H groups in total. The molecule has 5 aromatic rings. The Bertz CT molecular complexity index is 1600. The average molecular weight is 699 g/mol. The van der Waals surface area contributed by atoms with E-state index in [1.165, 1.54) is 44.5 Å². The molecule has 2 nitrogen and oxygen atoms in total. The van der Waals surface area contributed by atoms with Crippen LogP contribution in [0.2, 0.25) is 0 Å². The third-order valence-corrected chi connectivity index (χ3v) is 7.82. The third kappa shape index (κ3) is 5.73. The van der Waals surface area contributed by atoms with Crippen molar-refractivity contribution in [2.75, 3.05) is 0 Å². The quantitative estimate of drug-likeness (QED) is 0.173. The van der Waals surface area contributed by atoms with Crippen LogP contribution in [0.15, 0.2) is 85.2 Å². The molecule has 3 heteroatoms. The molecule has 2 heterocycles. The molecule has 0 fully saturated rings. The van der Waals surface area contributed by atoms with E-state index in [1.54, 1.807) is 0 Å². The van der Waals surface area contributed by atoms with Gasteiger partial charge in [0.25, 0.3) is 0 Å². The largest absolute Gasteiger partial charge is 0.305 e. The summed E-state index contributed by atoms with van der Waals surface area (Å²) in [6.45, 7) is 8.73. The Hall–Kier alpha value is -3.39. The number of aromatic nitrogens is 2. The van der Waals surface area contributed by atoms with Crippen molar-refractivity contribution in [3.05, 3.63) is 131 Å². The van der Waals surface area contributed by atoms with E-state index < -0.39 is 0 Å². The molecule has 0 unspecified atom stereocenters. The predicted octanol–water partition coefficient (Wildman–Crippen LogP) is 8.57. The van der Waals surface area contributed by atoms with Gasteiger partial charge in [-0.15, -0.1) is 64.2 Å². The van der Waals surface area contributed by atoms with Crippen molar-refractivity contribution in [3.63, 3.8) is 0 Å². The Labute approximate surface area is 252 Å². The zero-order valence-electron chi connectivity index (χ0n) is 23.6. The van der Waals surface area contributed by atoms with E-state index in [-0.39, 0.29) is 25.5 Å². The molecule has 0 bridgehead atoms. The van der Waals surface area contributed by atoms with Gasteiger partial charge >= 0.3 is 0 Å². The second-order valence-electron chi connectivity index (χ2n) is 11.7. The minimum Gasteiger partial charge on any atom is -0.305 e. The zero-order valence-corrected chi connectivity index (χ0v) is 26.0. The molecule has 2 aliphatic rings. The first-order valence-electron chi connectivity index (χ1n) is 13.9. The van der Waals surface area contributed by atoms with Crippen LogP contribution in [0.3, 0.4) is 0 Å². The van der Waals surface area contributed by atoms with Crippen LogP contribution in [0.25, 0.3) is 33.6 Å². The second kappa shape index (κ2) is 11.6. The summed E-state index contributed by atoms with van der Waals surface area (Å²) in [5.74, 6) is 0. The standard InChI is InChI=1S/C21H16N.C16H18N.Ir/c1-2-11-22-19(6-1)18-12-16-9-7-14-4-3-5-15-8-10-17(13-18)21(16)20(14)15;1-12-6-5-7-13(10-12)15-11-14(8-9-17-15)16(2,3)4;/h1-6,11-12H,7-10H2;5-6,8-11H,1-4H3;/q2*-1;. The minimum atomic E-state index is 0. The Morgan fingerprint density at radius 2 is 1.43 bits per heavy atom. The SMILES string of the molecule is Cc1cc[c-]c(-c2cc(C(C)(C)C)ccn2)c1.[Ir].[c-]1c(-c2ccccn2)cc2c3c1CCc1cccc(c1-3)CC2. The van der Waals surface area contributed by atoms with Crippen LogP contribution < -0.4 is 0 Å². The normalized spacial score (nSPS) is 12.9. The van der Waals surface area contributed by atoms with Crippen LogP contribution in [-0.4, -0.2) is 9.97 Å². The predicted molar refractivity (Wildman–Crippen MR) is 161 cm³/mol. The van der Waals surface area contributed by atoms with Gasteiger partial charge in [0, 0.05) is 32.5 Å². The fourth-order valence-electron chi connectivity index (χ4n) is 5.75. The topological polar surface area (TPSA) is 25.8 Å². The van der Waals surface area contributed by atoms with Crippen molar-refractivity contribution in [2.24, 2.45) is 0 Å². The monoisotopic (exact) mass is 699 g/mol. The van der Waals surface area contributed by atoms with Crippen molar-refractivity contribution < 1.29 is 20.1 Å². The van der Waals surface area contributed by atoms with E-state index in [4.69, 9.17) is 0 Å². The number of aryl methyl sites for hydroxylation is 5. The van der Waals surface area contributed by atoms with E-state index in [1.807, 2.05) is 24.5 Å². The second-order valence-corrected chi connectivity index (χ2v) is 11.7. The number of nitrogens with zero attached hydrogens (tertiary/aromatic N) is 2. The number of pyridine rings is 2. The summed E-state index contributed by atoms with van der Waals surface area (Å²) in [7, 11) is 0. The van der Waals surface area contributed by atoms with Crippen molar-refractivity contribution in [1.82, 2.24) is 9.97 Å². The van der Waals surface area contributed by atoms with Crippen LogP contribution in [0, 0.1) is 19.1 Å². The van der Waals surface area contributed by atoms with Crippen LogP contribution in [0.1, 0.15) is 54.2 Å². The van der Waals surface area contributed by atoms with Crippen LogP contribution in [-0.2, 0) is 51.2 Å². The molecule has 2 aromatic heterocycles. The van der Waals surface area contributed by atoms with Gasteiger partial charge in [-0.2, -0.15) is 0 Å². The average Bonchev–Trinajstić information content (AvgIpc) is 2.96. The van der Waals surface area contributed by atoms with Crippen LogP contribution in [0.4, 0.5) is 0 Å². The van der Waals surface area contributed by atoms with Gasteiger partial charge in [-0.1, -0.05) is 75.2 Å². The first-order valence-corrected chi connectivity index (χ1v) is 13.9. The van der Waals surface area contributed by atoms with Gasteiger partial charge in [0.2, 0.25) is 0 Å². The van der Waals surface area contributed by atoms with Gasteiger partial charge in [0.1, 0.15) is 0 Å². The number of rotatable bonds is 2. The molecule has 203 valence electrons. The van der Waals surface area contributed by atoms with Gasteiger partial charge in [-0.05, 0) is 71.3 Å². The molecule has 2 aliphatic carbocycles. The minimum absolute atomic E-state index is 0. The summed E-state index contributed by atoms with van der Waals surface area (Å²) < 4.78 is 0. The van der Waals surface area contributed by atoms with E-state index in [2.05, 4.69) is 110 Å². The van der Waals surface area contributed by atoms with Crippen LogP contribution >= 0.6 is 0 Å². The fourth-order valence-corrected chi connectivity index (χ4v) is 5.75. The molecule has 0 saturated carbocycles. The molecule has 0 atom stereocenters. The molecule has 7 rings (SSSR count). The first kappa shape index (κ1) is 28.1. The van der Waals surface area contributed by atoms with Gasteiger partial charge in [-0.3, -0.25) is 0 Å². The molecule has 0 aliphatic heterocycles. The van der Waals surface area contributed by atoms with Gasteiger partial charge in [0.05, 0.1) is 0 Å². The Morgan fingerprint density at radius 3 is 2.15 bits per heavy atom. The van der Waals surface area contributed by atoms with Gasteiger partial charge in [0.15, 0.2) is 0 Å². The van der Waals surface area contributed by atoms with Crippen molar-refractivity contribution in [3.8, 4) is 33.6 Å². The summed E-state index contributed by atoms with van der Waals surface area (Å²) in [5.41, 5.74) is 15.8. The summed E-state index contributed by atoms with van der Waals surface area (Å²) in [6, 6.07) is 32.5. The summed E-state index contributed by atoms with van der Waals surface area (Å²) in [6.07, 6.45) is 8.26. The Morgan fingerprint density at radius 1 is 0.675 bits per heavy atom. The van der Waals surface area contributed by atoms with Crippen molar-refractivity contribution in [2.45, 2.75) is 58.8 Å². The summed E-state index contributed by atoms with van der Waals surface area (Å²) in [4.78, 5) is 8.93. The molecule has 0 amide bonds. The van der Waals surface area contributed by atoms with Gasteiger partial charge in [-0.25, -0.2) is 0 Å². The van der Waals surface area contributed by atoms with E-state index in [9.17, 15) is 0 Å². The van der Waals surface area contributed by atoms with E-state index >= 15 is 0 Å². The zero-order chi connectivity index (χ0) is 27.0. The number of benzene rings is 3. The number of hydrogen-bond donors (Lipinski definition) is 0. The number of hydrogen-bond acceptors (Lipinski definition) is 2. The molecular formula is C37H34IrN2-2. The smallest absolute Gasteiger partial charge is 0.0163 e. The summed E-state index contributed by atoms with van der Waals surface area (Å²) in [5, 5.41) is 0. The third-order valence-electron chi connectivity index (χ3n) is 7.82. The van der Waals surface area contributed by atoms with E-state index in [0.29, 0.717) is 0 Å². The van der Waals surface area contributed by atoms with Crippen molar-refractivity contribution >= 4 is 0 Å². The molecule has 0 saturated heterocycles. The molecule has 0 spiro atoms. The Kier molecular flexibility index (Phi) is 8.17.